The minimum Gasteiger partial charge on any atom is -0.486 e. The number of ether oxygens (including phenoxy) is 2. The first-order valence-corrected chi connectivity index (χ1v) is 6.37. The van der Waals surface area contributed by atoms with Crippen LogP contribution in [0.5, 0.6) is 11.5 Å². The van der Waals surface area contributed by atoms with E-state index in [2.05, 4.69) is 0 Å². The van der Waals surface area contributed by atoms with Gasteiger partial charge in [-0.2, -0.15) is 0 Å². The fraction of sp³-hybridized carbons (Fsp3) is 0.500. The molecular formula is C14H17NO3. The molecule has 2 aliphatic rings. The first-order valence-electron chi connectivity index (χ1n) is 6.37. The molecule has 3 rings (SSSR count). The molecule has 18 heavy (non-hydrogen) atoms. The summed E-state index contributed by atoms with van der Waals surface area (Å²) in [6.07, 6.45) is 2.00. The molecule has 1 aliphatic carbocycles. The van der Waals surface area contributed by atoms with Crippen LogP contribution in [0.25, 0.3) is 0 Å². The van der Waals surface area contributed by atoms with E-state index in [1.165, 1.54) is 0 Å². The highest BCUT2D eigenvalue weighted by Crippen LogP contribution is 2.32. The van der Waals surface area contributed by atoms with Crippen molar-refractivity contribution in [3.63, 3.8) is 0 Å². The zero-order valence-corrected chi connectivity index (χ0v) is 10.5. The minimum atomic E-state index is -0.0763. The number of fused-ring (bicyclic) bond motifs is 1. The van der Waals surface area contributed by atoms with Crippen molar-refractivity contribution in [2.24, 2.45) is 5.92 Å². The number of nitrogens with zero attached hydrogens (tertiary/aromatic N) is 1. The van der Waals surface area contributed by atoms with Gasteiger partial charge >= 0.3 is 0 Å². The predicted molar refractivity (Wildman–Crippen MR) is 66.7 cm³/mol. The number of amides is 1. The van der Waals surface area contributed by atoms with Crippen LogP contribution in [0.1, 0.15) is 12.8 Å². The summed E-state index contributed by atoms with van der Waals surface area (Å²) in [5.41, 5.74) is 0. The molecule has 0 aromatic heterocycles. The molecule has 1 aliphatic heterocycles. The van der Waals surface area contributed by atoms with Gasteiger partial charge in [0.2, 0.25) is 5.91 Å². The van der Waals surface area contributed by atoms with Crippen LogP contribution in [0.4, 0.5) is 0 Å². The Morgan fingerprint density at radius 3 is 2.78 bits per heavy atom. The Hall–Kier alpha value is -1.71. The molecular weight excluding hydrogens is 230 g/mol. The number of carbonyl (C=O) groups is 1. The molecule has 1 atom stereocenters. The van der Waals surface area contributed by atoms with Gasteiger partial charge in [-0.1, -0.05) is 12.1 Å². The summed E-state index contributed by atoms with van der Waals surface area (Å²) in [4.78, 5) is 13.6. The van der Waals surface area contributed by atoms with Gasteiger partial charge in [0.25, 0.3) is 0 Å². The SMILES string of the molecule is CN(C[C@@H]1COc2ccccc2O1)C(=O)C1CC1. The Morgan fingerprint density at radius 1 is 1.33 bits per heavy atom. The molecule has 1 aromatic carbocycles. The molecule has 4 nitrogen and oxygen atoms in total. The van der Waals surface area contributed by atoms with Gasteiger partial charge in [0.05, 0.1) is 6.54 Å². The normalized spacial score (nSPS) is 21.5. The van der Waals surface area contributed by atoms with Crippen molar-refractivity contribution in [2.45, 2.75) is 18.9 Å². The lowest BCUT2D eigenvalue weighted by Gasteiger charge is -2.29. The maximum Gasteiger partial charge on any atom is 0.225 e. The van der Waals surface area contributed by atoms with Crippen molar-refractivity contribution in [1.82, 2.24) is 4.90 Å². The van der Waals surface area contributed by atoms with Gasteiger partial charge in [-0.3, -0.25) is 4.79 Å². The number of rotatable bonds is 3. The zero-order chi connectivity index (χ0) is 12.5. The van der Waals surface area contributed by atoms with Crippen molar-refractivity contribution < 1.29 is 14.3 Å². The van der Waals surface area contributed by atoms with E-state index >= 15 is 0 Å². The molecule has 1 fully saturated rings. The molecule has 0 spiro atoms. The second-order valence-electron chi connectivity index (χ2n) is 4.99. The zero-order valence-electron chi connectivity index (χ0n) is 10.5. The third kappa shape index (κ3) is 2.28. The molecule has 0 bridgehead atoms. The highest BCUT2D eigenvalue weighted by molar-refractivity contribution is 5.80. The molecule has 0 saturated heterocycles. The molecule has 4 heteroatoms. The summed E-state index contributed by atoms with van der Waals surface area (Å²) in [5, 5.41) is 0. The predicted octanol–water partition coefficient (Wildman–Crippen LogP) is 1.69. The van der Waals surface area contributed by atoms with Crippen molar-refractivity contribution in [3.05, 3.63) is 24.3 Å². The van der Waals surface area contributed by atoms with E-state index in [-0.39, 0.29) is 17.9 Å². The number of hydrogen-bond acceptors (Lipinski definition) is 3. The molecule has 1 amide bonds. The minimum absolute atomic E-state index is 0.0763. The molecule has 0 unspecified atom stereocenters. The fourth-order valence-corrected chi connectivity index (χ4v) is 2.19. The van der Waals surface area contributed by atoms with E-state index in [0.717, 1.165) is 24.3 Å². The van der Waals surface area contributed by atoms with Gasteiger partial charge in [0.15, 0.2) is 17.6 Å². The summed E-state index contributed by atoms with van der Waals surface area (Å²) in [5.74, 6) is 2.04. The summed E-state index contributed by atoms with van der Waals surface area (Å²) in [7, 11) is 1.84. The quantitative estimate of drug-likeness (QED) is 0.816. The van der Waals surface area contributed by atoms with E-state index in [1.807, 2.05) is 31.3 Å². The number of likely N-dealkylation sites (N-methyl/N-ethyl adjacent to an activating group) is 1. The number of para-hydroxylation sites is 2. The molecule has 1 aromatic rings. The number of hydrogen-bond donors (Lipinski definition) is 0. The van der Waals surface area contributed by atoms with E-state index < -0.39 is 0 Å². The lowest BCUT2D eigenvalue weighted by molar-refractivity contribution is -0.132. The largest absolute Gasteiger partial charge is 0.486 e. The highest BCUT2D eigenvalue weighted by atomic mass is 16.6. The second kappa shape index (κ2) is 4.52. The molecule has 0 N–H and O–H groups in total. The van der Waals surface area contributed by atoms with Crippen LogP contribution in [0.15, 0.2) is 24.3 Å². The van der Waals surface area contributed by atoms with Crippen LogP contribution in [0.2, 0.25) is 0 Å². The van der Waals surface area contributed by atoms with Gasteiger partial charge in [-0.05, 0) is 25.0 Å². The molecule has 96 valence electrons. The smallest absolute Gasteiger partial charge is 0.225 e. The average molecular weight is 247 g/mol. The summed E-state index contributed by atoms with van der Waals surface area (Å²) in [6.45, 7) is 1.09. The van der Waals surface area contributed by atoms with Gasteiger partial charge < -0.3 is 14.4 Å². The average Bonchev–Trinajstić information content (AvgIpc) is 3.22. The highest BCUT2D eigenvalue weighted by Gasteiger charge is 2.33. The standard InChI is InChI=1S/C14H17NO3/c1-15(14(16)10-6-7-10)8-11-9-17-12-4-2-3-5-13(12)18-11/h2-5,10-11H,6-9H2,1H3/t11-/m1/s1. The van der Waals surface area contributed by atoms with Crippen LogP contribution < -0.4 is 9.47 Å². The van der Waals surface area contributed by atoms with Gasteiger partial charge in [-0.25, -0.2) is 0 Å². The van der Waals surface area contributed by atoms with Crippen LogP contribution in [-0.2, 0) is 4.79 Å². The van der Waals surface area contributed by atoms with Gasteiger partial charge in [0.1, 0.15) is 6.61 Å². The van der Waals surface area contributed by atoms with Gasteiger partial charge in [-0.15, -0.1) is 0 Å². The lowest BCUT2D eigenvalue weighted by Crippen LogP contribution is -2.42. The molecule has 0 radical (unpaired) electrons. The molecule has 1 saturated carbocycles. The van der Waals surface area contributed by atoms with E-state index in [0.29, 0.717) is 13.2 Å². The number of benzene rings is 1. The Balaban J connectivity index is 1.60. The second-order valence-corrected chi connectivity index (χ2v) is 4.99. The Labute approximate surface area is 106 Å². The van der Waals surface area contributed by atoms with E-state index in [1.54, 1.807) is 4.90 Å². The third-order valence-electron chi connectivity index (χ3n) is 3.35. The van der Waals surface area contributed by atoms with Crippen LogP contribution in [0, 0.1) is 5.92 Å². The maximum atomic E-state index is 11.9. The monoisotopic (exact) mass is 247 g/mol. The van der Waals surface area contributed by atoms with Crippen molar-refractivity contribution >= 4 is 5.91 Å². The van der Waals surface area contributed by atoms with Crippen LogP contribution >= 0.6 is 0 Å². The first kappa shape index (κ1) is 11.4. The Morgan fingerprint density at radius 2 is 2.06 bits per heavy atom. The lowest BCUT2D eigenvalue weighted by atomic mass is 10.2. The van der Waals surface area contributed by atoms with E-state index in [9.17, 15) is 4.79 Å². The van der Waals surface area contributed by atoms with Gasteiger partial charge in [0, 0.05) is 13.0 Å². The van der Waals surface area contributed by atoms with Crippen molar-refractivity contribution in [3.8, 4) is 11.5 Å². The topological polar surface area (TPSA) is 38.8 Å². The van der Waals surface area contributed by atoms with Crippen molar-refractivity contribution in [1.29, 1.82) is 0 Å². The summed E-state index contributed by atoms with van der Waals surface area (Å²) >= 11 is 0. The van der Waals surface area contributed by atoms with E-state index in [4.69, 9.17) is 9.47 Å². The Kier molecular flexibility index (Phi) is 2.86. The third-order valence-corrected chi connectivity index (χ3v) is 3.35. The van der Waals surface area contributed by atoms with Crippen molar-refractivity contribution in [2.75, 3.05) is 20.2 Å². The molecule has 1 heterocycles. The maximum absolute atomic E-state index is 11.9. The fourth-order valence-electron chi connectivity index (χ4n) is 2.19. The van der Waals surface area contributed by atoms with Crippen LogP contribution in [0.3, 0.4) is 0 Å². The Bertz CT molecular complexity index is 456. The summed E-state index contributed by atoms with van der Waals surface area (Å²) < 4.78 is 11.5. The summed E-state index contributed by atoms with van der Waals surface area (Å²) in [6, 6.07) is 7.63. The number of carbonyl (C=O) groups excluding carboxylic acids is 1. The first-order chi connectivity index (χ1) is 8.74. The van der Waals surface area contributed by atoms with Crippen LogP contribution in [-0.4, -0.2) is 37.1 Å².